The zero-order valence-corrected chi connectivity index (χ0v) is 15.5. The third-order valence-electron chi connectivity index (χ3n) is 4.23. The molecular formula is C16H32F3NO3S. The minimum Gasteiger partial charge on any atom is -0.741 e. The van der Waals surface area contributed by atoms with E-state index in [4.69, 9.17) is 13.0 Å². The van der Waals surface area contributed by atoms with E-state index in [1.807, 2.05) is 4.90 Å². The third kappa shape index (κ3) is 13.0. The Bertz CT molecular complexity index is 394. The molecule has 1 fully saturated rings. The summed E-state index contributed by atoms with van der Waals surface area (Å²) >= 11 is 0. The van der Waals surface area contributed by atoms with Gasteiger partial charge >= 0.3 is 5.51 Å². The second-order valence-corrected chi connectivity index (χ2v) is 7.81. The molecule has 1 rings (SSSR count). The zero-order chi connectivity index (χ0) is 18.5. The number of hydrogen-bond acceptors (Lipinski definition) is 3. The van der Waals surface area contributed by atoms with Crippen molar-refractivity contribution in [2.24, 2.45) is 0 Å². The average molecular weight is 375 g/mol. The monoisotopic (exact) mass is 375 g/mol. The quantitative estimate of drug-likeness (QED) is 0.362. The molecule has 1 N–H and O–H groups in total. The first-order chi connectivity index (χ1) is 11.2. The van der Waals surface area contributed by atoms with E-state index in [0.717, 1.165) is 0 Å². The number of rotatable bonds is 10. The number of nitrogens with one attached hydrogen (secondary N) is 1. The van der Waals surface area contributed by atoms with Gasteiger partial charge < -0.3 is 9.45 Å². The molecule has 0 aliphatic carbocycles. The van der Waals surface area contributed by atoms with Gasteiger partial charge in [-0.2, -0.15) is 13.2 Å². The summed E-state index contributed by atoms with van der Waals surface area (Å²) in [5.41, 5.74) is -5.65. The van der Waals surface area contributed by atoms with Gasteiger partial charge in [0.25, 0.3) is 0 Å². The highest BCUT2D eigenvalue weighted by Crippen LogP contribution is 2.20. The maximum atomic E-state index is 10.7. The van der Waals surface area contributed by atoms with Gasteiger partial charge in [-0.15, -0.1) is 0 Å². The van der Waals surface area contributed by atoms with Gasteiger partial charge in [0.2, 0.25) is 0 Å². The molecule has 1 heterocycles. The smallest absolute Gasteiger partial charge is 0.485 e. The second kappa shape index (κ2) is 12.9. The maximum absolute atomic E-state index is 10.7. The predicted molar refractivity (Wildman–Crippen MR) is 87.8 cm³/mol. The first kappa shape index (κ1) is 23.7. The molecule has 0 aromatic carbocycles. The van der Waals surface area contributed by atoms with Crippen molar-refractivity contribution < 1.29 is 31.0 Å². The summed E-state index contributed by atoms with van der Waals surface area (Å²) in [6.45, 7) is 6.66. The summed E-state index contributed by atoms with van der Waals surface area (Å²) in [4.78, 5) is 1.88. The van der Waals surface area contributed by atoms with E-state index in [2.05, 4.69) is 6.92 Å². The number of halogens is 3. The maximum Gasteiger partial charge on any atom is 0.485 e. The van der Waals surface area contributed by atoms with Crippen molar-refractivity contribution in [1.82, 2.24) is 0 Å². The fourth-order valence-electron chi connectivity index (χ4n) is 2.81. The third-order valence-corrected chi connectivity index (χ3v) is 4.79. The SMILES string of the molecule is CCCCCCCCCCC[NH+]1CCCC1.O=S(=O)([O-])C(F)(F)F. The van der Waals surface area contributed by atoms with Crippen LogP contribution in [0.4, 0.5) is 13.2 Å². The van der Waals surface area contributed by atoms with Gasteiger partial charge in [0, 0.05) is 12.8 Å². The van der Waals surface area contributed by atoms with Gasteiger partial charge in [-0.3, -0.25) is 0 Å². The fraction of sp³-hybridized carbons (Fsp3) is 1.00. The molecule has 146 valence electrons. The lowest BCUT2D eigenvalue weighted by atomic mass is 10.1. The molecule has 0 bridgehead atoms. The lowest BCUT2D eigenvalue weighted by Crippen LogP contribution is -3.09. The van der Waals surface area contributed by atoms with Gasteiger partial charge in [0.1, 0.15) is 0 Å². The number of likely N-dealkylation sites (tertiary alicyclic amines) is 1. The minimum absolute atomic E-state index is 1.37. The minimum atomic E-state index is -6.09. The van der Waals surface area contributed by atoms with E-state index in [9.17, 15) is 13.2 Å². The van der Waals surface area contributed by atoms with Crippen molar-refractivity contribution in [2.75, 3.05) is 19.6 Å². The van der Waals surface area contributed by atoms with Crippen LogP contribution < -0.4 is 4.90 Å². The van der Waals surface area contributed by atoms with Crippen LogP contribution in [-0.4, -0.2) is 38.1 Å². The molecule has 0 atom stereocenters. The molecule has 0 aromatic rings. The van der Waals surface area contributed by atoms with Crippen LogP contribution in [0.25, 0.3) is 0 Å². The Morgan fingerprint density at radius 2 is 1.25 bits per heavy atom. The fourth-order valence-corrected chi connectivity index (χ4v) is 2.81. The number of unbranched alkanes of at least 4 members (excludes halogenated alkanes) is 8. The van der Waals surface area contributed by atoms with Crippen LogP contribution >= 0.6 is 0 Å². The standard InChI is InChI=1S/C15H31N.CHF3O3S/c1-2-3-4-5-6-7-8-9-10-13-16-14-11-12-15-16;2-1(3,4)8(5,6)7/h2-15H2,1H3;(H,5,6,7). The number of alkyl halides is 3. The molecule has 1 aliphatic rings. The lowest BCUT2D eigenvalue weighted by Gasteiger charge is -2.11. The molecule has 0 amide bonds. The normalized spacial score (nSPS) is 16.0. The Labute approximate surface area is 144 Å². The van der Waals surface area contributed by atoms with E-state index in [1.54, 1.807) is 0 Å². The molecule has 0 radical (unpaired) electrons. The molecule has 0 unspecified atom stereocenters. The summed E-state index contributed by atoms with van der Waals surface area (Å²) in [5.74, 6) is 0. The summed E-state index contributed by atoms with van der Waals surface area (Å²) in [7, 11) is -6.09. The lowest BCUT2D eigenvalue weighted by molar-refractivity contribution is -0.887. The van der Waals surface area contributed by atoms with E-state index in [1.165, 1.54) is 90.3 Å². The van der Waals surface area contributed by atoms with Gasteiger partial charge in [0.15, 0.2) is 10.1 Å². The van der Waals surface area contributed by atoms with Crippen LogP contribution in [0.3, 0.4) is 0 Å². The summed E-state index contributed by atoms with van der Waals surface area (Å²) in [6, 6.07) is 0. The van der Waals surface area contributed by atoms with Gasteiger partial charge in [0.05, 0.1) is 19.6 Å². The highest BCUT2D eigenvalue weighted by Gasteiger charge is 2.36. The zero-order valence-electron chi connectivity index (χ0n) is 14.7. The Morgan fingerprint density at radius 3 is 1.62 bits per heavy atom. The van der Waals surface area contributed by atoms with Gasteiger partial charge in [-0.25, -0.2) is 8.42 Å². The van der Waals surface area contributed by atoms with Crippen molar-refractivity contribution in [3.05, 3.63) is 0 Å². The second-order valence-electron chi connectivity index (χ2n) is 6.44. The molecule has 1 aliphatic heterocycles. The van der Waals surface area contributed by atoms with Crippen molar-refractivity contribution >= 4 is 10.1 Å². The van der Waals surface area contributed by atoms with E-state index in [0.29, 0.717) is 0 Å². The van der Waals surface area contributed by atoms with Crippen LogP contribution in [-0.2, 0) is 10.1 Å². The van der Waals surface area contributed by atoms with Gasteiger partial charge in [-0.05, 0) is 12.8 Å². The predicted octanol–water partition coefficient (Wildman–Crippen LogP) is 3.25. The van der Waals surface area contributed by atoms with Crippen LogP contribution in [0.5, 0.6) is 0 Å². The van der Waals surface area contributed by atoms with Crippen molar-refractivity contribution in [1.29, 1.82) is 0 Å². The highest BCUT2D eigenvalue weighted by molar-refractivity contribution is 7.86. The molecular weight excluding hydrogens is 343 g/mol. The molecule has 0 saturated carbocycles. The van der Waals surface area contributed by atoms with E-state index < -0.39 is 15.6 Å². The van der Waals surface area contributed by atoms with Crippen molar-refractivity contribution in [3.8, 4) is 0 Å². The Morgan fingerprint density at radius 1 is 0.875 bits per heavy atom. The molecule has 0 aromatic heterocycles. The Kier molecular flexibility index (Phi) is 12.8. The molecule has 4 nitrogen and oxygen atoms in total. The average Bonchev–Trinajstić information content (AvgIpc) is 2.97. The van der Waals surface area contributed by atoms with E-state index in [-0.39, 0.29) is 0 Å². The van der Waals surface area contributed by atoms with Crippen molar-refractivity contribution in [3.63, 3.8) is 0 Å². The Hall–Kier alpha value is -0.340. The number of hydrogen-bond donors (Lipinski definition) is 1. The van der Waals surface area contributed by atoms with Crippen molar-refractivity contribution in [2.45, 2.75) is 83.1 Å². The molecule has 8 heteroatoms. The molecule has 0 spiro atoms. The summed E-state index contributed by atoms with van der Waals surface area (Å²) in [5, 5.41) is 0. The van der Waals surface area contributed by atoms with Crippen LogP contribution in [0.15, 0.2) is 0 Å². The topological polar surface area (TPSA) is 61.6 Å². The van der Waals surface area contributed by atoms with Crippen LogP contribution in [0.1, 0.15) is 77.6 Å². The molecule has 1 saturated heterocycles. The van der Waals surface area contributed by atoms with Crippen LogP contribution in [0.2, 0.25) is 0 Å². The van der Waals surface area contributed by atoms with E-state index >= 15 is 0 Å². The largest absolute Gasteiger partial charge is 0.741 e. The van der Waals surface area contributed by atoms with Crippen LogP contribution in [0, 0.1) is 0 Å². The number of quaternary nitrogens is 1. The summed E-state index contributed by atoms with van der Waals surface area (Å²) in [6.07, 6.45) is 16.1. The Balaban J connectivity index is 0.000000561. The first-order valence-electron chi connectivity index (χ1n) is 9.04. The highest BCUT2D eigenvalue weighted by atomic mass is 32.2. The molecule has 24 heavy (non-hydrogen) atoms. The van der Waals surface area contributed by atoms with Gasteiger partial charge in [-0.1, -0.05) is 51.9 Å². The first-order valence-corrected chi connectivity index (χ1v) is 10.4. The summed E-state index contributed by atoms with van der Waals surface area (Å²) < 4.78 is 58.9.